The van der Waals surface area contributed by atoms with Crippen LogP contribution in [0.4, 0.5) is 14.6 Å². The number of aliphatic carboxylic acids is 1. The molecule has 2 heterocycles. The fourth-order valence-electron chi connectivity index (χ4n) is 2.88. The summed E-state index contributed by atoms with van der Waals surface area (Å²) in [5, 5.41) is 9.21. The highest BCUT2D eigenvalue weighted by Crippen LogP contribution is 2.34. The first-order chi connectivity index (χ1) is 12.0. The van der Waals surface area contributed by atoms with Crippen LogP contribution in [0.3, 0.4) is 0 Å². The van der Waals surface area contributed by atoms with Crippen molar-refractivity contribution in [3.8, 4) is 0 Å². The molecule has 0 radical (unpaired) electrons. The van der Waals surface area contributed by atoms with Gasteiger partial charge in [-0.25, -0.2) is 13.8 Å². The number of hydrogen-bond acceptors (Lipinski definition) is 3. The van der Waals surface area contributed by atoms with E-state index in [-0.39, 0.29) is 18.5 Å². The minimum atomic E-state index is -1.01. The molecule has 0 saturated carbocycles. The van der Waals surface area contributed by atoms with Crippen molar-refractivity contribution in [1.82, 2.24) is 4.98 Å². The van der Waals surface area contributed by atoms with Gasteiger partial charge in [-0.15, -0.1) is 0 Å². The summed E-state index contributed by atoms with van der Waals surface area (Å²) in [7, 11) is 0. The molecule has 0 bridgehead atoms. The zero-order chi connectivity index (χ0) is 18.0. The van der Waals surface area contributed by atoms with Gasteiger partial charge in [0.2, 0.25) is 0 Å². The van der Waals surface area contributed by atoms with E-state index in [0.717, 1.165) is 11.6 Å². The Balaban J connectivity index is 1.89. The third-order valence-corrected chi connectivity index (χ3v) is 4.05. The lowest BCUT2D eigenvalue weighted by atomic mass is 9.98. The lowest BCUT2D eigenvalue weighted by Crippen LogP contribution is -2.32. The molecular formula is C19H16F2N2O2. The molecule has 1 N–H and O–H groups in total. The quantitative estimate of drug-likeness (QED) is 0.898. The number of carboxylic acid groups (broad SMARTS) is 1. The van der Waals surface area contributed by atoms with Gasteiger partial charge in [-0.2, -0.15) is 0 Å². The van der Waals surface area contributed by atoms with Crippen molar-refractivity contribution >= 4 is 17.4 Å². The maximum atomic E-state index is 13.8. The van der Waals surface area contributed by atoms with Gasteiger partial charge in [-0.3, -0.25) is 4.79 Å². The molecule has 1 aliphatic heterocycles. The summed E-state index contributed by atoms with van der Waals surface area (Å²) < 4.78 is 27.2. The Morgan fingerprint density at radius 3 is 2.76 bits per heavy atom. The second kappa shape index (κ2) is 6.84. The van der Waals surface area contributed by atoms with Crippen LogP contribution in [-0.2, 0) is 11.2 Å². The molecule has 3 rings (SSSR count). The Bertz CT molecular complexity index is 877. The van der Waals surface area contributed by atoms with Crippen molar-refractivity contribution in [3.05, 3.63) is 77.6 Å². The highest BCUT2D eigenvalue weighted by molar-refractivity contribution is 5.87. The number of carbonyl (C=O) groups is 1. The van der Waals surface area contributed by atoms with Crippen LogP contribution in [0.15, 0.2) is 54.9 Å². The molecular weight excluding hydrogens is 326 g/mol. The van der Waals surface area contributed by atoms with Gasteiger partial charge in [0, 0.05) is 17.5 Å². The van der Waals surface area contributed by atoms with Crippen LogP contribution in [0.5, 0.6) is 0 Å². The van der Waals surface area contributed by atoms with Gasteiger partial charge in [0.25, 0.3) is 0 Å². The third kappa shape index (κ3) is 3.42. The van der Waals surface area contributed by atoms with Crippen molar-refractivity contribution in [1.29, 1.82) is 0 Å². The lowest BCUT2D eigenvalue weighted by Gasteiger charge is -2.31. The molecule has 1 aromatic carbocycles. The molecule has 4 nitrogen and oxygen atoms in total. The SMILES string of the molecule is C=C1C=C(CCc2cccc(F)c2F)N(CC(=O)O)c2ncccc21. The fraction of sp³-hybridized carbons (Fsp3) is 0.158. The maximum Gasteiger partial charge on any atom is 0.323 e. The second-order valence-electron chi connectivity index (χ2n) is 5.73. The summed E-state index contributed by atoms with van der Waals surface area (Å²) in [4.78, 5) is 17.1. The molecule has 0 aliphatic carbocycles. The van der Waals surface area contributed by atoms with E-state index in [4.69, 9.17) is 0 Å². The molecule has 0 saturated heterocycles. The van der Waals surface area contributed by atoms with Gasteiger partial charge in [-0.1, -0.05) is 18.7 Å². The van der Waals surface area contributed by atoms with Gasteiger partial charge >= 0.3 is 5.97 Å². The molecule has 0 amide bonds. The number of benzene rings is 1. The Morgan fingerprint density at radius 2 is 2.00 bits per heavy atom. The zero-order valence-electron chi connectivity index (χ0n) is 13.4. The molecule has 25 heavy (non-hydrogen) atoms. The van der Waals surface area contributed by atoms with Gasteiger partial charge < -0.3 is 10.0 Å². The number of fused-ring (bicyclic) bond motifs is 1. The number of rotatable bonds is 5. The smallest absolute Gasteiger partial charge is 0.323 e. The molecule has 6 heteroatoms. The van der Waals surface area contributed by atoms with Crippen molar-refractivity contribution in [3.63, 3.8) is 0 Å². The Morgan fingerprint density at radius 1 is 1.20 bits per heavy atom. The number of halogens is 2. The van der Waals surface area contributed by atoms with E-state index in [2.05, 4.69) is 11.6 Å². The van der Waals surface area contributed by atoms with E-state index in [9.17, 15) is 18.7 Å². The first-order valence-corrected chi connectivity index (χ1v) is 7.74. The number of hydrogen-bond donors (Lipinski definition) is 1. The normalized spacial score (nSPS) is 13.4. The molecule has 1 aromatic heterocycles. The first-order valence-electron chi connectivity index (χ1n) is 7.74. The lowest BCUT2D eigenvalue weighted by molar-refractivity contribution is -0.135. The first kappa shape index (κ1) is 16.8. The van der Waals surface area contributed by atoms with Gasteiger partial charge in [0.1, 0.15) is 12.4 Å². The van der Waals surface area contributed by atoms with Crippen LogP contribution >= 0.6 is 0 Å². The summed E-state index contributed by atoms with van der Waals surface area (Å²) in [6, 6.07) is 7.61. The molecule has 0 spiro atoms. The minimum Gasteiger partial charge on any atom is -0.480 e. The van der Waals surface area contributed by atoms with Crippen molar-refractivity contribution in [2.75, 3.05) is 11.4 Å². The monoisotopic (exact) mass is 342 g/mol. The summed E-state index contributed by atoms with van der Waals surface area (Å²) in [6.07, 6.45) is 3.92. The van der Waals surface area contributed by atoms with E-state index < -0.39 is 17.6 Å². The topological polar surface area (TPSA) is 53.4 Å². The predicted octanol–water partition coefficient (Wildman–Crippen LogP) is 3.79. The van der Waals surface area contributed by atoms with Gasteiger partial charge in [-0.05, 0) is 48.3 Å². The summed E-state index contributed by atoms with van der Waals surface area (Å²) in [6.45, 7) is 3.71. The summed E-state index contributed by atoms with van der Waals surface area (Å²) in [5.74, 6) is -2.27. The highest BCUT2D eigenvalue weighted by Gasteiger charge is 2.25. The van der Waals surface area contributed by atoms with Crippen LogP contribution in [-0.4, -0.2) is 22.6 Å². The maximum absolute atomic E-state index is 13.8. The fourth-order valence-corrected chi connectivity index (χ4v) is 2.88. The number of nitrogens with zero attached hydrogens (tertiary/aromatic N) is 2. The van der Waals surface area contributed by atoms with E-state index in [0.29, 0.717) is 23.5 Å². The Kier molecular flexibility index (Phi) is 4.61. The Hall–Kier alpha value is -3.02. The standard InChI is InChI=1S/C19H16F2N2O2/c1-12-10-14(8-7-13-4-2-6-16(20)18(13)21)23(11-17(24)25)19-15(12)5-3-9-22-19/h2-6,9-10H,1,7-8,11H2,(H,24,25). The Labute approximate surface area is 143 Å². The van der Waals surface area contributed by atoms with Crippen molar-refractivity contribution in [2.45, 2.75) is 12.8 Å². The molecule has 1 aliphatic rings. The van der Waals surface area contributed by atoms with Gasteiger partial charge in [0.15, 0.2) is 11.6 Å². The number of aryl methyl sites for hydroxylation is 1. The number of aromatic nitrogens is 1. The van der Waals surface area contributed by atoms with Crippen LogP contribution in [0.2, 0.25) is 0 Å². The van der Waals surface area contributed by atoms with Crippen molar-refractivity contribution in [2.24, 2.45) is 0 Å². The molecule has 0 fully saturated rings. The van der Waals surface area contributed by atoms with Crippen molar-refractivity contribution < 1.29 is 18.7 Å². The largest absolute Gasteiger partial charge is 0.480 e. The third-order valence-electron chi connectivity index (χ3n) is 4.05. The average Bonchev–Trinajstić information content (AvgIpc) is 2.59. The molecule has 0 atom stereocenters. The van der Waals surface area contributed by atoms with E-state index in [1.165, 1.54) is 12.1 Å². The summed E-state index contributed by atoms with van der Waals surface area (Å²) >= 11 is 0. The average molecular weight is 342 g/mol. The molecule has 128 valence electrons. The predicted molar refractivity (Wildman–Crippen MR) is 91.0 cm³/mol. The highest BCUT2D eigenvalue weighted by atomic mass is 19.2. The van der Waals surface area contributed by atoms with Crippen LogP contribution in [0.1, 0.15) is 17.5 Å². The second-order valence-corrected chi connectivity index (χ2v) is 5.73. The van der Waals surface area contributed by atoms with Crippen LogP contribution < -0.4 is 4.90 Å². The minimum absolute atomic E-state index is 0.237. The number of carboxylic acids is 1. The van der Waals surface area contributed by atoms with E-state index in [1.54, 1.807) is 23.2 Å². The summed E-state index contributed by atoms with van der Waals surface area (Å²) in [5.41, 5.74) is 2.36. The number of pyridine rings is 1. The van der Waals surface area contributed by atoms with E-state index in [1.807, 2.05) is 6.07 Å². The molecule has 2 aromatic rings. The van der Waals surface area contributed by atoms with Crippen LogP contribution in [0, 0.1) is 11.6 Å². The molecule has 0 unspecified atom stereocenters. The number of allylic oxidation sites excluding steroid dienone is 3. The number of anilines is 1. The van der Waals surface area contributed by atoms with Gasteiger partial charge in [0.05, 0.1) is 0 Å². The zero-order valence-corrected chi connectivity index (χ0v) is 13.4. The van der Waals surface area contributed by atoms with Crippen LogP contribution in [0.25, 0.3) is 5.57 Å². The van der Waals surface area contributed by atoms with E-state index >= 15 is 0 Å².